The number of carbonyl (C=O) groups excluding carboxylic acids is 1. The fourth-order valence-electron chi connectivity index (χ4n) is 2.66. The highest BCUT2D eigenvalue weighted by atomic mass is 32.2. The number of alkyl carbamates (subject to hydrolysis) is 1. The van der Waals surface area contributed by atoms with Gasteiger partial charge in [0.25, 0.3) is 0 Å². The van der Waals surface area contributed by atoms with Gasteiger partial charge in [-0.3, -0.25) is 0 Å². The molecule has 1 unspecified atom stereocenters. The Morgan fingerprint density at radius 2 is 2.05 bits per heavy atom. The van der Waals surface area contributed by atoms with Crippen LogP contribution < -0.4 is 5.32 Å². The predicted molar refractivity (Wildman–Crippen MR) is 93.3 cm³/mol. The number of hydrogen-bond acceptors (Lipinski definition) is 4. The first-order valence-corrected chi connectivity index (χ1v) is 9.61. The minimum atomic E-state index is -0.486. The van der Waals surface area contributed by atoms with Crippen molar-refractivity contribution in [2.75, 3.05) is 24.7 Å². The number of carbonyl (C=O) groups is 1. The van der Waals surface area contributed by atoms with Gasteiger partial charge in [0.2, 0.25) is 0 Å². The van der Waals surface area contributed by atoms with Crippen molar-refractivity contribution < 1.29 is 14.6 Å². The summed E-state index contributed by atoms with van der Waals surface area (Å²) < 4.78 is 5.31. The van der Waals surface area contributed by atoms with Crippen molar-refractivity contribution in [2.45, 2.75) is 65.4 Å². The minimum Gasteiger partial charge on any atom is -0.444 e. The van der Waals surface area contributed by atoms with E-state index in [1.54, 1.807) is 0 Å². The van der Waals surface area contributed by atoms with Crippen molar-refractivity contribution in [3.8, 4) is 0 Å². The average molecular weight is 332 g/mol. The first-order chi connectivity index (χ1) is 10.3. The number of rotatable bonds is 10. The van der Waals surface area contributed by atoms with Crippen molar-refractivity contribution in [3.05, 3.63) is 0 Å². The van der Waals surface area contributed by atoms with E-state index in [1.165, 1.54) is 12.8 Å². The molecule has 0 saturated heterocycles. The Morgan fingerprint density at radius 3 is 2.55 bits per heavy atom. The summed E-state index contributed by atoms with van der Waals surface area (Å²) in [5.41, 5.74) is -0.674. The Labute approximate surface area is 139 Å². The van der Waals surface area contributed by atoms with E-state index >= 15 is 0 Å². The molecule has 0 aromatic carbocycles. The molecular weight excluding hydrogens is 298 g/mol. The Kier molecular flexibility index (Phi) is 8.04. The van der Waals surface area contributed by atoms with Gasteiger partial charge in [-0.15, -0.1) is 0 Å². The molecule has 1 saturated carbocycles. The first kappa shape index (κ1) is 19.6. The fraction of sp³-hybridized carbons (Fsp3) is 0.941. The third-order valence-electron chi connectivity index (χ3n) is 3.96. The summed E-state index contributed by atoms with van der Waals surface area (Å²) in [5.74, 6) is 2.98. The van der Waals surface area contributed by atoms with Gasteiger partial charge < -0.3 is 15.2 Å². The van der Waals surface area contributed by atoms with E-state index in [9.17, 15) is 9.90 Å². The lowest BCUT2D eigenvalue weighted by Crippen LogP contribution is -2.42. The maximum atomic E-state index is 11.9. The van der Waals surface area contributed by atoms with E-state index in [0.29, 0.717) is 6.54 Å². The summed E-state index contributed by atoms with van der Waals surface area (Å²) >= 11 is 1.93. The Balaban J connectivity index is 2.50. The second-order valence-corrected chi connectivity index (χ2v) is 8.86. The van der Waals surface area contributed by atoms with Crippen LogP contribution >= 0.6 is 11.8 Å². The minimum absolute atomic E-state index is 0.135. The van der Waals surface area contributed by atoms with E-state index in [2.05, 4.69) is 12.2 Å². The number of aliphatic hydroxyl groups excluding tert-OH is 1. The zero-order valence-corrected chi connectivity index (χ0v) is 15.4. The van der Waals surface area contributed by atoms with Crippen molar-refractivity contribution in [3.63, 3.8) is 0 Å². The van der Waals surface area contributed by atoms with Gasteiger partial charge in [0, 0.05) is 12.0 Å². The van der Waals surface area contributed by atoms with Gasteiger partial charge >= 0.3 is 6.09 Å². The summed E-state index contributed by atoms with van der Waals surface area (Å²) in [4.78, 5) is 11.9. The number of aliphatic hydroxyl groups is 1. The third kappa shape index (κ3) is 8.28. The molecule has 4 nitrogen and oxygen atoms in total. The van der Waals surface area contributed by atoms with Crippen LogP contribution in [0.3, 0.4) is 0 Å². The smallest absolute Gasteiger partial charge is 0.407 e. The second kappa shape index (κ2) is 9.02. The molecule has 2 N–H and O–H groups in total. The maximum Gasteiger partial charge on any atom is 0.407 e. The molecule has 1 fully saturated rings. The molecule has 1 atom stereocenters. The van der Waals surface area contributed by atoms with Gasteiger partial charge in [0.05, 0.1) is 6.61 Å². The molecule has 1 rings (SSSR count). The van der Waals surface area contributed by atoms with Gasteiger partial charge in [-0.2, -0.15) is 11.8 Å². The van der Waals surface area contributed by atoms with Gasteiger partial charge in [-0.05, 0) is 57.5 Å². The van der Waals surface area contributed by atoms with Gasteiger partial charge in [-0.25, -0.2) is 4.79 Å². The van der Waals surface area contributed by atoms with Gasteiger partial charge in [0.1, 0.15) is 5.60 Å². The SMILES string of the molecule is CCSCCCC(CO)(CNC(=O)OC(C)(C)C)CC1CC1. The average Bonchev–Trinajstić information content (AvgIpc) is 3.23. The normalized spacial score (nSPS) is 17.9. The molecule has 0 spiro atoms. The predicted octanol–water partition coefficient (Wildman–Crippen LogP) is 3.82. The lowest BCUT2D eigenvalue weighted by molar-refractivity contribution is 0.0437. The van der Waals surface area contributed by atoms with Crippen LogP contribution in [0.15, 0.2) is 0 Å². The molecular formula is C17H33NO3S. The molecule has 0 bridgehead atoms. The molecule has 0 aliphatic heterocycles. The first-order valence-electron chi connectivity index (χ1n) is 8.46. The van der Waals surface area contributed by atoms with Crippen LogP contribution in [0, 0.1) is 11.3 Å². The van der Waals surface area contributed by atoms with E-state index < -0.39 is 5.60 Å². The molecule has 1 aliphatic carbocycles. The lowest BCUT2D eigenvalue weighted by atomic mass is 9.79. The molecule has 0 aromatic heterocycles. The summed E-state index contributed by atoms with van der Waals surface area (Å²) in [7, 11) is 0. The molecule has 0 radical (unpaired) electrons. The number of amides is 1. The number of thioether (sulfide) groups is 1. The Hall–Kier alpha value is -0.420. The molecule has 0 aromatic rings. The van der Waals surface area contributed by atoms with E-state index in [0.717, 1.165) is 36.7 Å². The van der Waals surface area contributed by atoms with Crippen molar-refractivity contribution >= 4 is 17.9 Å². The Bertz CT molecular complexity index is 339. The summed E-state index contributed by atoms with van der Waals surface area (Å²) in [6.07, 6.45) is 5.19. The zero-order valence-electron chi connectivity index (χ0n) is 14.6. The number of hydrogen-bond donors (Lipinski definition) is 2. The monoisotopic (exact) mass is 331 g/mol. The van der Waals surface area contributed by atoms with Crippen LogP contribution in [0.1, 0.15) is 59.8 Å². The summed E-state index contributed by atoms with van der Waals surface area (Å²) in [6, 6.07) is 0. The highest BCUT2D eigenvalue weighted by Crippen LogP contribution is 2.42. The number of ether oxygens (including phenoxy) is 1. The standard InChI is InChI=1S/C17H33NO3S/c1-5-22-10-6-9-17(13-19,11-14-7-8-14)12-18-15(20)21-16(2,3)4/h14,19H,5-13H2,1-4H3,(H,18,20). The van der Waals surface area contributed by atoms with Gasteiger partial charge in [0.15, 0.2) is 0 Å². The molecule has 5 heteroatoms. The Morgan fingerprint density at radius 1 is 1.36 bits per heavy atom. The third-order valence-corrected chi connectivity index (χ3v) is 4.95. The summed E-state index contributed by atoms with van der Waals surface area (Å²) in [5, 5.41) is 12.8. The van der Waals surface area contributed by atoms with Crippen LogP contribution in [0.2, 0.25) is 0 Å². The van der Waals surface area contributed by atoms with Crippen LogP contribution in [0.4, 0.5) is 4.79 Å². The highest BCUT2D eigenvalue weighted by molar-refractivity contribution is 7.99. The highest BCUT2D eigenvalue weighted by Gasteiger charge is 2.36. The van der Waals surface area contributed by atoms with Crippen molar-refractivity contribution in [1.82, 2.24) is 5.32 Å². The van der Waals surface area contributed by atoms with Crippen LogP contribution in [-0.4, -0.2) is 41.5 Å². The van der Waals surface area contributed by atoms with E-state index in [-0.39, 0.29) is 18.1 Å². The zero-order chi connectivity index (χ0) is 16.6. The lowest BCUT2D eigenvalue weighted by Gasteiger charge is -2.33. The van der Waals surface area contributed by atoms with Crippen LogP contribution in [-0.2, 0) is 4.74 Å². The quantitative estimate of drug-likeness (QED) is 0.597. The van der Waals surface area contributed by atoms with Gasteiger partial charge in [-0.1, -0.05) is 19.8 Å². The fourth-order valence-corrected chi connectivity index (χ4v) is 3.30. The second-order valence-electron chi connectivity index (χ2n) is 7.46. The largest absolute Gasteiger partial charge is 0.444 e. The van der Waals surface area contributed by atoms with Crippen molar-refractivity contribution in [2.24, 2.45) is 11.3 Å². The number of nitrogens with one attached hydrogen (secondary N) is 1. The topological polar surface area (TPSA) is 58.6 Å². The van der Waals surface area contributed by atoms with Crippen LogP contribution in [0.5, 0.6) is 0 Å². The van der Waals surface area contributed by atoms with E-state index in [4.69, 9.17) is 4.74 Å². The van der Waals surface area contributed by atoms with Crippen LogP contribution in [0.25, 0.3) is 0 Å². The molecule has 1 aliphatic rings. The summed E-state index contributed by atoms with van der Waals surface area (Å²) in [6.45, 7) is 8.38. The molecule has 1 amide bonds. The molecule has 0 heterocycles. The maximum absolute atomic E-state index is 11.9. The molecule has 130 valence electrons. The van der Waals surface area contributed by atoms with E-state index in [1.807, 2.05) is 32.5 Å². The molecule has 22 heavy (non-hydrogen) atoms. The van der Waals surface area contributed by atoms with Crippen molar-refractivity contribution in [1.29, 1.82) is 0 Å².